The molecular formula is C18H27N3O7S. The molecule has 0 aromatic carbocycles. The summed E-state index contributed by atoms with van der Waals surface area (Å²) in [6.45, 7) is 0.237. The quantitative estimate of drug-likeness (QED) is 0.388. The third-order valence-corrected chi connectivity index (χ3v) is 5.35. The number of aromatic nitrogens is 1. The zero-order valence-corrected chi connectivity index (χ0v) is 17.0. The molecular weight excluding hydrogens is 402 g/mol. The van der Waals surface area contributed by atoms with Gasteiger partial charge in [0.05, 0.1) is 17.9 Å². The van der Waals surface area contributed by atoms with Gasteiger partial charge in [0.25, 0.3) is 6.47 Å². The molecule has 1 fully saturated rings. The van der Waals surface area contributed by atoms with Gasteiger partial charge in [0.1, 0.15) is 9.84 Å². The van der Waals surface area contributed by atoms with Gasteiger partial charge in [-0.25, -0.2) is 8.42 Å². The Labute approximate surface area is 169 Å². The second kappa shape index (κ2) is 12.1. The molecule has 1 aliphatic rings. The molecule has 1 aromatic rings. The molecule has 29 heavy (non-hydrogen) atoms. The number of amides is 2. The summed E-state index contributed by atoms with van der Waals surface area (Å²) in [5.74, 6) is -1.19. The molecule has 0 saturated heterocycles. The fraction of sp³-hybridized carbons (Fsp3) is 0.556. The largest absolute Gasteiger partial charge is 0.483 e. The van der Waals surface area contributed by atoms with Crippen LogP contribution < -0.4 is 10.6 Å². The van der Waals surface area contributed by atoms with Gasteiger partial charge in [-0.3, -0.25) is 19.4 Å². The normalized spacial score (nSPS) is 20.8. The molecule has 0 radical (unpaired) electrons. The van der Waals surface area contributed by atoms with Gasteiger partial charge >= 0.3 is 0 Å². The van der Waals surface area contributed by atoms with Crippen molar-refractivity contribution in [3.63, 3.8) is 0 Å². The molecule has 2 rings (SSSR count). The number of sulfone groups is 1. The lowest BCUT2D eigenvalue weighted by atomic mass is 10.1. The summed E-state index contributed by atoms with van der Waals surface area (Å²) in [5.41, 5.74) is 1.07. The summed E-state index contributed by atoms with van der Waals surface area (Å²) >= 11 is 0. The zero-order chi connectivity index (χ0) is 21.9. The first-order valence-corrected chi connectivity index (χ1v) is 11.1. The van der Waals surface area contributed by atoms with Crippen molar-refractivity contribution in [3.05, 3.63) is 30.1 Å². The van der Waals surface area contributed by atoms with Crippen molar-refractivity contribution in [1.29, 1.82) is 0 Å². The van der Waals surface area contributed by atoms with E-state index in [2.05, 4.69) is 15.6 Å². The second-order valence-corrected chi connectivity index (χ2v) is 9.05. The second-order valence-electron chi connectivity index (χ2n) is 6.79. The summed E-state index contributed by atoms with van der Waals surface area (Å²) in [6.07, 6.45) is 4.80. The van der Waals surface area contributed by atoms with E-state index in [-0.39, 0.29) is 36.9 Å². The van der Waals surface area contributed by atoms with Crippen LogP contribution in [0.1, 0.15) is 24.8 Å². The summed E-state index contributed by atoms with van der Waals surface area (Å²) in [7, 11) is -3.22. The first kappa shape index (κ1) is 24.5. The van der Waals surface area contributed by atoms with Crippen molar-refractivity contribution in [2.24, 2.45) is 5.92 Å². The van der Waals surface area contributed by atoms with Crippen molar-refractivity contribution < 1.29 is 33.0 Å². The van der Waals surface area contributed by atoms with Crippen LogP contribution >= 0.6 is 0 Å². The Balaban J connectivity index is 0.00000132. The molecule has 2 amide bonds. The van der Waals surface area contributed by atoms with Gasteiger partial charge in [-0.1, -0.05) is 0 Å². The number of carbonyl (C=O) groups is 3. The van der Waals surface area contributed by atoms with Gasteiger partial charge in [0, 0.05) is 37.5 Å². The van der Waals surface area contributed by atoms with Crippen LogP contribution in [0.2, 0.25) is 0 Å². The van der Waals surface area contributed by atoms with E-state index in [1.807, 2.05) is 12.1 Å². The number of aliphatic hydroxyl groups excluding tert-OH is 1. The van der Waals surface area contributed by atoms with Gasteiger partial charge < -0.3 is 20.8 Å². The van der Waals surface area contributed by atoms with E-state index in [0.29, 0.717) is 19.4 Å². The Hall–Kier alpha value is -2.53. The minimum absolute atomic E-state index is 0.147. The van der Waals surface area contributed by atoms with Crippen LogP contribution in [-0.4, -0.2) is 72.6 Å². The van der Waals surface area contributed by atoms with Crippen LogP contribution in [-0.2, 0) is 30.6 Å². The van der Waals surface area contributed by atoms with Gasteiger partial charge in [-0.15, -0.1) is 0 Å². The fourth-order valence-electron chi connectivity index (χ4n) is 2.97. The molecule has 1 heterocycles. The van der Waals surface area contributed by atoms with Gasteiger partial charge in [0.15, 0.2) is 0 Å². The first-order chi connectivity index (χ1) is 13.7. The smallest absolute Gasteiger partial charge is 0.290 e. The van der Waals surface area contributed by atoms with Crippen LogP contribution in [0.25, 0.3) is 0 Å². The minimum atomic E-state index is -3.22. The topological polar surface area (TPSA) is 163 Å². The van der Waals surface area contributed by atoms with Gasteiger partial charge in [-0.2, -0.15) is 0 Å². The van der Waals surface area contributed by atoms with Gasteiger partial charge in [-0.05, 0) is 37.0 Å². The SMILES string of the molecule is CS(=O)(=O)CCC(=O)N[C@H]1C[C@H](C(=O)NCCc2ccncc2)C[C@@H]1O.O=CO. The summed E-state index contributed by atoms with van der Waals surface area (Å²) in [4.78, 5) is 36.3. The number of hydrogen-bond acceptors (Lipinski definition) is 7. The van der Waals surface area contributed by atoms with E-state index in [9.17, 15) is 23.1 Å². The Kier molecular flexibility index (Phi) is 10.2. The predicted molar refractivity (Wildman–Crippen MR) is 105 cm³/mol. The lowest BCUT2D eigenvalue weighted by Gasteiger charge is -2.16. The Morgan fingerprint density at radius 2 is 1.90 bits per heavy atom. The van der Waals surface area contributed by atoms with E-state index >= 15 is 0 Å². The lowest BCUT2D eigenvalue weighted by Crippen LogP contribution is -2.40. The van der Waals surface area contributed by atoms with Crippen molar-refractivity contribution >= 4 is 28.1 Å². The van der Waals surface area contributed by atoms with Crippen molar-refractivity contribution in [1.82, 2.24) is 15.6 Å². The maximum atomic E-state index is 12.2. The monoisotopic (exact) mass is 429 g/mol. The Bertz CT molecular complexity index is 771. The Morgan fingerprint density at radius 3 is 2.48 bits per heavy atom. The molecule has 11 heteroatoms. The maximum Gasteiger partial charge on any atom is 0.290 e. The molecule has 0 aliphatic heterocycles. The van der Waals surface area contributed by atoms with Crippen molar-refractivity contribution in [3.8, 4) is 0 Å². The van der Waals surface area contributed by atoms with E-state index in [0.717, 1.165) is 11.8 Å². The number of nitrogens with zero attached hydrogens (tertiary/aromatic N) is 1. The number of carboxylic acid groups (broad SMARTS) is 1. The molecule has 0 bridgehead atoms. The van der Waals surface area contributed by atoms with E-state index in [4.69, 9.17) is 9.90 Å². The van der Waals surface area contributed by atoms with Crippen LogP contribution in [0.15, 0.2) is 24.5 Å². The van der Waals surface area contributed by atoms with Crippen molar-refractivity contribution in [2.75, 3.05) is 18.6 Å². The average molecular weight is 429 g/mol. The third kappa shape index (κ3) is 9.99. The zero-order valence-electron chi connectivity index (χ0n) is 16.2. The fourth-order valence-corrected chi connectivity index (χ4v) is 3.52. The maximum absolute atomic E-state index is 12.2. The molecule has 10 nitrogen and oxygen atoms in total. The molecule has 1 aliphatic carbocycles. The molecule has 162 valence electrons. The first-order valence-electron chi connectivity index (χ1n) is 9.06. The Morgan fingerprint density at radius 1 is 1.28 bits per heavy atom. The summed E-state index contributed by atoms with van der Waals surface area (Å²) in [5, 5.41) is 22.4. The highest BCUT2D eigenvalue weighted by Crippen LogP contribution is 2.26. The highest BCUT2D eigenvalue weighted by atomic mass is 32.2. The average Bonchev–Trinajstić information content (AvgIpc) is 3.01. The number of pyridine rings is 1. The highest BCUT2D eigenvalue weighted by Gasteiger charge is 2.37. The number of hydrogen-bond donors (Lipinski definition) is 4. The molecule has 0 spiro atoms. The van der Waals surface area contributed by atoms with Gasteiger partial charge in [0.2, 0.25) is 11.8 Å². The van der Waals surface area contributed by atoms with Crippen LogP contribution in [0.3, 0.4) is 0 Å². The molecule has 0 unspecified atom stereocenters. The third-order valence-electron chi connectivity index (χ3n) is 4.41. The van der Waals surface area contributed by atoms with Crippen molar-refractivity contribution in [2.45, 2.75) is 37.8 Å². The highest BCUT2D eigenvalue weighted by molar-refractivity contribution is 7.90. The summed E-state index contributed by atoms with van der Waals surface area (Å²) < 4.78 is 22.2. The molecule has 3 atom stereocenters. The van der Waals surface area contributed by atoms with E-state index in [1.165, 1.54) is 0 Å². The van der Waals surface area contributed by atoms with E-state index < -0.39 is 27.9 Å². The number of nitrogens with one attached hydrogen (secondary N) is 2. The molecule has 1 aromatic heterocycles. The van der Waals surface area contributed by atoms with E-state index in [1.54, 1.807) is 12.4 Å². The molecule has 1 saturated carbocycles. The van der Waals surface area contributed by atoms with Crippen LogP contribution in [0.5, 0.6) is 0 Å². The van der Waals surface area contributed by atoms with Crippen LogP contribution in [0.4, 0.5) is 0 Å². The number of carbonyl (C=O) groups excluding carboxylic acids is 2. The van der Waals surface area contributed by atoms with Crippen LogP contribution in [0, 0.1) is 5.92 Å². The number of rotatable bonds is 8. The lowest BCUT2D eigenvalue weighted by molar-refractivity contribution is -0.125. The summed E-state index contributed by atoms with van der Waals surface area (Å²) in [6, 6.07) is 3.24. The number of aliphatic hydroxyl groups is 1. The minimum Gasteiger partial charge on any atom is -0.483 e. The predicted octanol–water partition coefficient (Wildman–Crippen LogP) is -0.868. The standard InChI is InChI=1S/C17H25N3O5S.CH2O2/c1-26(24,25)9-5-16(22)20-14-10-13(11-15(14)21)17(23)19-8-4-12-2-6-18-7-3-12;2-1-3/h2-3,6-7,13-15,21H,4-5,8-11H2,1H3,(H,19,23)(H,20,22);1H,(H,2,3)/t13-,14-,15-;/m0./s1. The molecule has 4 N–H and O–H groups in total.